The molecule has 2 heterocycles. The number of halogens is 2. The molecule has 104 valence electrons. The van der Waals surface area contributed by atoms with Gasteiger partial charge in [-0.05, 0) is 57.0 Å². The minimum atomic E-state index is 0.172. The van der Waals surface area contributed by atoms with Crippen LogP contribution >= 0.6 is 43.2 Å². The Morgan fingerprint density at radius 2 is 2.00 bits per heavy atom. The highest BCUT2D eigenvalue weighted by Gasteiger charge is 2.30. The van der Waals surface area contributed by atoms with Crippen LogP contribution in [0.25, 0.3) is 0 Å². The lowest BCUT2D eigenvalue weighted by molar-refractivity contribution is 0.784. The molecule has 1 aliphatic rings. The fraction of sp³-hybridized carbons (Fsp3) is 0.214. The molecule has 3 nitrogen and oxygen atoms in total. The first-order chi connectivity index (χ1) is 9.56. The summed E-state index contributed by atoms with van der Waals surface area (Å²) < 4.78 is 2.17. The van der Waals surface area contributed by atoms with Crippen LogP contribution in [0.1, 0.15) is 16.5 Å². The average molecular weight is 415 g/mol. The van der Waals surface area contributed by atoms with Crippen LogP contribution in [0.2, 0.25) is 0 Å². The van der Waals surface area contributed by atoms with Crippen molar-refractivity contribution in [2.75, 3.05) is 11.4 Å². The van der Waals surface area contributed by atoms with Crippen LogP contribution in [-0.2, 0) is 0 Å². The number of anilines is 1. The van der Waals surface area contributed by atoms with E-state index in [1.165, 1.54) is 10.4 Å². The van der Waals surface area contributed by atoms with Gasteiger partial charge in [0.05, 0.1) is 16.4 Å². The zero-order valence-electron chi connectivity index (χ0n) is 10.8. The fourth-order valence-electron chi connectivity index (χ4n) is 2.26. The van der Waals surface area contributed by atoms with E-state index in [1.807, 2.05) is 0 Å². The Morgan fingerprint density at radius 1 is 1.30 bits per heavy atom. The SMILES string of the molecule is Cc1ccc(N2C(N)=NCC2c2cc(Br)c(Br)s2)cc1. The fourth-order valence-corrected chi connectivity index (χ4v) is 4.43. The van der Waals surface area contributed by atoms with Gasteiger partial charge in [0.2, 0.25) is 0 Å². The first-order valence-corrected chi connectivity index (χ1v) is 8.57. The number of nitrogens with zero attached hydrogens (tertiary/aromatic N) is 2. The smallest absolute Gasteiger partial charge is 0.196 e. The number of thiophene rings is 1. The molecule has 6 heteroatoms. The highest BCUT2D eigenvalue weighted by atomic mass is 79.9. The third kappa shape index (κ3) is 2.52. The molecule has 20 heavy (non-hydrogen) atoms. The number of hydrogen-bond acceptors (Lipinski definition) is 4. The van der Waals surface area contributed by atoms with Gasteiger partial charge in [-0.2, -0.15) is 0 Å². The third-order valence-electron chi connectivity index (χ3n) is 3.29. The zero-order chi connectivity index (χ0) is 14.3. The van der Waals surface area contributed by atoms with Crippen LogP contribution in [0, 0.1) is 6.92 Å². The molecule has 1 atom stereocenters. The van der Waals surface area contributed by atoms with E-state index in [0.717, 1.165) is 13.9 Å². The van der Waals surface area contributed by atoms with E-state index < -0.39 is 0 Å². The van der Waals surface area contributed by atoms with Gasteiger partial charge in [-0.3, -0.25) is 4.99 Å². The summed E-state index contributed by atoms with van der Waals surface area (Å²) in [6.07, 6.45) is 0. The van der Waals surface area contributed by atoms with Crippen molar-refractivity contribution in [3.05, 3.63) is 49.0 Å². The quantitative estimate of drug-likeness (QED) is 0.788. The molecule has 0 spiro atoms. The maximum Gasteiger partial charge on any atom is 0.196 e. The Kier molecular flexibility index (Phi) is 3.88. The Labute approximate surface area is 138 Å². The van der Waals surface area contributed by atoms with Crippen LogP contribution < -0.4 is 10.6 Å². The van der Waals surface area contributed by atoms with Crippen molar-refractivity contribution in [3.63, 3.8) is 0 Å². The van der Waals surface area contributed by atoms with Gasteiger partial charge in [0.25, 0.3) is 0 Å². The lowest BCUT2D eigenvalue weighted by Crippen LogP contribution is -2.35. The molecule has 1 aromatic heterocycles. The monoisotopic (exact) mass is 413 g/mol. The van der Waals surface area contributed by atoms with Gasteiger partial charge in [0, 0.05) is 15.0 Å². The molecule has 1 unspecified atom stereocenters. The molecule has 3 rings (SSSR count). The zero-order valence-corrected chi connectivity index (χ0v) is 14.8. The highest BCUT2D eigenvalue weighted by Crippen LogP contribution is 2.40. The summed E-state index contributed by atoms with van der Waals surface area (Å²) in [5.74, 6) is 0.583. The maximum atomic E-state index is 6.08. The summed E-state index contributed by atoms with van der Waals surface area (Å²) in [5, 5.41) is 0. The molecule has 0 fully saturated rings. The number of nitrogens with two attached hydrogens (primary N) is 1. The number of benzene rings is 1. The summed E-state index contributed by atoms with van der Waals surface area (Å²) in [6.45, 7) is 2.77. The van der Waals surface area contributed by atoms with Gasteiger partial charge in [0.15, 0.2) is 5.96 Å². The predicted molar refractivity (Wildman–Crippen MR) is 92.6 cm³/mol. The summed E-state index contributed by atoms with van der Waals surface area (Å²) >= 11 is 8.80. The van der Waals surface area contributed by atoms with Crippen LogP contribution in [-0.4, -0.2) is 12.5 Å². The molecule has 0 bridgehead atoms. The van der Waals surface area contributed by atoms with E-state index in [-0.39, 0.29) is 6.04 Å². The van der Waals surface area contributed by atoms with Crippen molar-refractivity contribution < 1.29 is 0 Å². The van der Waals surface area contributed by atoms with E-state index >= 15 is 0 Å². The van der Waals surface area contributed by atoms with E-state index in [2.05, 4.69) is 79.0 Å². The molecule has 0 aliphatic carbocycles. The molecule has 0 amide bonds. The summed E-state index contributed by atoms with van der Waals surface area (Å²) in [7, 11) is 0. The van der Waals surface area contributed by atoms with Crippen molar-refractivity contribution in [2.45, 2.75) is 13.0 Å². The minimum Gasteiger partial charge on any atom is -0.369 e. The largest absolute Gasteiger partial charge is 0.369 e. The van der Waals surface area contributed by atoms with Crippen LogP contribution in [0.4, 0.5) is 5.69 Å². The van der Waals surface area contributed by atoms with E-state index in [9.17, 15) is 0 Å². The number of hydrogen-bond donors (Lipinski definition) is 1. The second-order valence-corrected chi connectivity index (χ2v) is 7.95. The van der Waals surface area contributed by atoms with Crippen LogP contribution in [0.5, 0.6) is 0 Å². The minimum absolute atomic E-state index is 0.172. The van der Waals surface area contributed by atoms with E-state index in [0.29, 0.717) is 12.5 Å². The molecule has 0 saturated carbocycles. The molecule has 2 aromatic rings. The van der Waals surface area contributed by atoms with Crippen LogP contribution in [0.3, 0.4) is 0 Å². The van der Waals surface area contributed by atoms with Gasteiger partial charge < -0.3 is 10.6 Å². The lowest BCUT2D eigenvalue weighted by Gasteiger charge is -2.25. The first-order valence-electron chi connectivity index (χ1n) is 6.17. The molecular formula is C14H13Br2N3S. The number of aryl methyl sites for hydroxylation is 1. The molecule has 0 saturated heterocycles. The molecule has 2 N–H and O–H groups in total. The van der Waals surface area contributed by atoms with Gasteiger partial charge in [-0.15, -0.1) is 11.3 Å². The second-order valence-electron chi connectivity index (χ2n) is 4.69. The standard InChI is InChI=1S/C14H13Br2N3S/c1-8-2-4-9(5-3-8)19-11(7-18-14(19)17)12-6-10(15)13(16)20-12/h2-6,11H,7H2,1H3,(H2,17,18). The number of guanidine groups is 1. The molecular weight excluding hydrogens is 402 g/mol. The number of aliphatic imine (C=N–C) groups is 1. The van der Waals surface area contributed by atoms with Gasteiger partial charge in [-0.25, -0.2) is 0 Å². The summed E-state index contributed by atoms with van der Waals surface area (Å²) in [6, 6.07) is 10.7. The Morgan fingerprint density at radius 3 is 2.60 bits per heavy atom. The van der Waals surface area contributed by atoms with Crippen molar-refractivity contribution in [2.24, 2.45) is 10.7 Å². The topological polar surface area (TPSA) is 41.6 Å². The lowest BCUT2D eigenvalue weighted by atomic mass is 10.1. The normalized spacial score (nSPS) is 18.4. The molecule has 0 radical (unpaired) electrons. The Bertz CT molecular complexity index is 644. The van der Waals surface area contributed by atoms with Crippen LogP contribution in [0.15, 0.2) is 43.6 Å². The highest BCUT2D eigenvalue weighted by molar-refractivity contribution is 9.13. The average Bonchev–Trinajstić information content (AvgIpc) is 2.95. The second kappa shape index (κ2) is 5.50. The van der Waals surface area contributed by atoms with Crippen molar-refractivity contribution >= 4 is 54.8 Å². The Hall–Kier alpha value is -0.850. The molecule has 1 aromatic carbocycles. The third-order valence-corrected chi connectivity index (χ3v) is 6.65. The number of rotatable bonds is 2. The van der Waals surface area contributed by atoms with Crippen molar-refractivity contribution in [3.8, 4) is 0 Å². The summed E-state index contributed by atoms with van der Waals surface area (Å²) in [5.41, 5.74) is 8.40. The van der Waals surface area contributed by atoms with Crippen molar-refractivity contribution in [1.29, 1.82) is 0 Å². The predicted octanol–water partition coefficient (Wildman–Crippen LogP) is 4.46. The first kappa shape index (κ1) is 14.1. The summed E-state index contributed by atoms with van der Waals surface area (Å²) in [4.78, 5) is 7.75. The maximum absolute atomic E-state index is 6.08. The van der Waals surface area contributed by atoms with Crippen molar-refractivity contribution in [1.82, 2.24) is 0 Å². The van der Waals surface area contributed by atoms with Gasteiger partial charge in [0.1, 0.15) is 0 Å². The van der Waals surface area contributed by atoms with Gasteiger partial charge in [-0.1, -0.05) is 17.7 Å². The van der Waals surface area contributed by atoms with Gasteiger partial charge >= 0.3 is 0 Å². The Balaban J connectivity index is 1.98. The molecule has 1 aliphatic heterocycles. The van der Waals surface area contributed by atoms with E-state index in [1.54, 1.807) is 11.3 Å². The van der Waals surface area contributed by atoms with E-state index in [4.69, 9.17) is 5.73 Å².